The molecule has 1 aliphatic rings. The summed E-state index contributed by atoms with van der Waals surface area (Å²) in [6.07, 6.45) is 3.46. The van der Waals surface area contributed by atoms with Gasteiger partial charge in [0.05, 0.1) is 0 Å². The number of amides is 1. The van der Waals surface area contributed by atoms with Crippen LogP contribution in [0.25, 0.3) is 0 Å². The molecular weight excluding hydrogens is 337 g/mol. The molecule has 2 nitrogen and oxygen atoms in total. The molecule has 2 rings (SSSR count). The monoisotopic (exact) mass is 349 g/mol. The van der Waals surface area contributed by atoms with E-state index in [9.17, 15) is 4.79 Å². The molecule has 0 saturated heterocycles. The lowest BCUT2D eigenvalue weighted by atomic mass is 10.1. The van der Waals surface area contributed by atoms with Gasteiger partial charge in [-0.15, -0.1) is 0 Å². The minimum absolute atomic E-state index is 0.113. The third-order valence-electron chi connectivity index (χ3n) is 3.15. The average Bonchev–Trinajstić information content (AvgIpc) is 2.70. The number of rotatable bonds is 3. The summed E-state index contributed by atoms with van der Waals surface area (Å²) in [7, 11) is 0. The Labute approximate surface area is 125 Å². The lowest BCUT2D eigenvalue weighted by molar-refractivity contribution is 0.0947. The van der Waals surface area contributed by atoms with Gasteiger partial charge in [0, 0.05) is 27.0 Å². The van der Waals surface area contributed by atoms with Gasteiger partial charge in [-0.05, 0) is 43.4 Å². The Morgan fingerprint density at radius 3 is 2.50 bits per heavy atom. The Bertz CT molecular complexity index is 432. The number of alkyl halides is 1. The molecule has 98 valence electrons. The maximum Gasteiger partial charge on any atom is 0.251 e. The molecule has 18 heavy (non-hydrogen) atoms. The van der Waals surface area contributed by atoms with E-state index >= 15 is 0 Å². The summed E-state index contributed by atoms with van der Waals surface area (Å²) in [5.74, 6) is 0.449. The summed E-state index contributed by atoms with van der Waals surface area (Å²) in [4.78, 5) is 12.5. The van der Waals surface area contributed by atoms with Gasteiger partial charge in [-0.25, -0.2) is 0 Å². The molecule has 0 radical (unpaired) electrons. The van der Waals surface area contributed by atoms with Crippen LogP contribution in [0.2, 0.25) is 10.0 Å². The van der Waals surface area contributed by atoms with Crippen LogP contribution in [0.15, 0.2) is 18.2 Å². The molecule has 0 aliphatic heterocycles. The highest BCUT2D eigenvalue weighted by Gasteiger charge is 2.22. The molecule has 1 fully saturated rings. The molecule has 1 amide bonds. The standard InChI is InChI=1S/C13H14BrCl2NO/c14-10-2-1-8(3-10)7-17-13(18)9-4-11(15)6-12(16)5-9/h4-6,8,10H,1-3,7H2,(H,17,18). The smallest absolute Gasteiger partial charge is 0.251 e. The van der Waals surface area contributed by atoms with Crippen molar-refractivity contribution in [1.82, 2.24) is 5.32 Å². The van der Waals surface area contributed by atoms with Crippen LogP contribution in [-0.2, 0) is 0 Å². The first-order valence-corrected chi connectivity index (χ1v) is 7.60. The largest absolute Gasteiger partial charge is 0.352 e. The lowest BCUT2D eigenvalue weighted by Gasteiger charge is -2.11. The predicted octanol–water partition coefficient (Wildman–Crippen LogP) is 4.29. The maximum absolute atomic E-state index is 11.9. The van der Waals surface area contributed by atoms with E-state index in [1.165, 1.54) is 6.42 Å². The number of nitrogens with one attached hydrogen (secondary N) is 1. The third-order valence-corrected chi connectivity index (χ3v) is 4.42. The average molecular weight is 351 g/mol. The van der Waals surface area contributed by atoms with Gasteiger partial charge >= 0.3 is 0 Å². The van der Waals surface area contributed by atoms with Gasteiger partial charge in [-0.3, -0.25) is 4.79 Å². The van der Waals surface area contributed by atoms with Crippen molar-refractivity contribution < 1.29 is 4.79 Å². The van der Waals surface area contributed by atoms with Crippen LogP contribution in [0.1, 0.15) is 29.6 Å². The highest BCUT2D eigenvalue weighted by Crippen LogP contribution is 2.30. The summed E-state index contributed by atoms with van der Waals surface area (Å²) in [6, 6.07) is 4.88. The van der Waals surface area contributed by atoms with Crippen molar-refractivity contribution in [2.45, 2.75) is 24.1 Å². The van der Waals surface area contributed by atoms with E-state index in [4.69, 9.17) is 23.2 Å². The van der Waals surface area contributed by atoms with E-state index in [1.807, 2.05) is 0 Å². The van der Waals surface area contributed by atoms with Gasteiger partial charge in [0.1, 0.15) is 0 Å². The van der Waals surface area contributed by atoms with Gasteiger partial charge in [-0.1, -0.05) is 39.1 Å². The van der Waals surface area contributed by atoms with E-state index in [1.54, 1.807) is 18.2 Å². The van der Waals surface area contributed by atoms with Crippen LogP contribution < -0.4 is 5.32 Å². The van der Waals surface area contributed by atoms with Gasteiger partial charge in [0.25, 0.3) is 5.91 Å². The second kappa shape index (κ2) is 6.27. The normalized spacial score (nSPS) is 23.1. The Morgan fingerprint density at radius 1 is 1.28 bits per heavy atom. The van der Waals surface area contributed by atoms with E-state index in [2.05, 4.69) is 21.2 Å². The van der Waals surface area contributed by atoms with Crippen molar-refractivity contribution in [1.29, 1.82) is 0 Å². The van der Waals surface area contributed by atoms with Gasteiger partial charge in [-0.2, -0.15) is 0 Å². The minimum Gasteiger partial charge on any atom is -0.352 e. The SMILES string of the molecule is O=C(NCC1CCC(Br)C1)c1cc(Cl)cc(Cl)c1. The molecule has 2 unspecified atom stereocenters. The van der Waals surface area contributed by atoms with Crippen molar-refractivity contribution in [3.8, 4) is 0 Å². The molecule has 0 bridgehead atoms. The van der Waals surface area contributed by atoms with Crippen molar-refractivity contribution in [2.24, 2.45) is 5.92 Å². The number of hydrogen-bond donors (Lipinski definition) is 1. The van der Waals surface area contributed by atoms with Crippen molar-refractivity contribution in [2.75, 3.05) is 6.54 Å². The van der Waals surface area contributed by atoms with E-state index < -0.39 is 0 Å². The highest BCUT2D eigenvalue weighted by atomic mass is 79.9. The molecule has 1 N–H and O–H groups in total. The summed E-state index contributed by atoms with van der Waals surface area (Å²) in [5.41, 5.74) is 0.515. The van der Waals surface area contributed by atoms with Gasteiger partial charge in [0.2, 0.25) is 0 Å². The molecule has 1 saturated carbocycles. The Morgan fingerprint density at radius 2 is 1.94 bits per heavy atom. The van der Waals surface area contributed by atoms with Crippen molar-refractivity contribution in [3.63, 3.8) is 0 Å². The number of carbonyl (C=O) groups is 1. The minimum atomic E-state index is -0.113. The number of benzene rings is 1. The van der Waals surface area contributed by atoms with E-state index in [0.717, 1.165) is 12.8 Å². The summed E-state index contributed by atoms with van der Waals surface area (Å²) in [6.45, 7) is 0.713. The highest BCUT2D eigenvalue weighted by molar-refractivity contribution is 9.09. The first-order chi connectivity index (χ1) is 8.54. The second-order valence-corrected chi connectivity index (χ2v) is 6.81. The zero-order valence-corrected chi connectivity index (χ0v) is 12.9. The predicted molar refractivity (Wildman–Crippen MR) is 78.9 cm³/mol. The van der Waals surface area contributed by atoms with Crippen LogP contribution in [-0.4, -0.2) is 17.3 Å². The molecular formula is C13H14BrCl2NO. The fourth-order valence-corrected chi connectivity index (χ4v) is 3.54. The van der Waals surface area contributed by atoms with Crippen molar-refractivity contribution in [3.05, 3.63) is 33.8 Å². The zero-order chi connectivity index (χ0) is 13.1. The van der Waals surface area contributed by atoms with Gasteiger partial charge in [0.15, 0.2) is 0 Å². The third kappa shape index (κ3) is 3.87. The number of carbonyl (C=O) groups excluding carboxylic acids is 1. The molecule has 0 heterocycles. The van der Waals surface area contributed by atoms with E-state index in [-0.39, 0.29) is 5.91 Å². The van der Waals surface area contributed by atoms with Crippen molar-refractivity contribution >= 4 is 45.0 Å². The maximum atomic E-state index is 11.9. The molecule has 0 spiro atoms. The Kier molecular flexibility index (Phi) is 4.93. The fourth-order valence-electron chi connectivity index (χ4n) is 2.22. The second-order valence-electron chi connectivity index (χ2n) is 4.64. The van der Waals surface area contributed by atoms with Crippen LogP contribution in [0.3, 0.4) is 0 Å². The molecule has 1 aromatic carbocycles. The topological polar surface area (TPSA) is 29.1 Å². The molecule has 1 aliphatic carbocycles. The lowest BCUT2D eigenvalue weighted by Crippen LogP contribution is -2.28. The van der Waals surface area contributed by atoms with Crippen LogP contribution in [0.4, 0.5) is 0 Å². The first kappa shape index (κ1) is 14.2. The first-order valence-electron chi connectivity index (χ1n) is 5.93. The Balaban J connectivity index is 1.91. The summed E-state index contributed by atoms with van der Waals surface area (Å²) in [5, 5.41) is 3.90. The molecule has 5 heteroatoms. The molecule has 0 aromatic heterocycles. The Hall–Kier alpha value is -0.250. The number of hydrogen-bond acceptors (Lipinski definition) is 1. The van der Waals surface area contributed by atoms with Crippen LogP contribution >= 0.6 is 39.1 Å². The quantitative estimate of drug-likeness (QED) is 0.809. The fraction of sp³-hybridized carbons (Fsp3) is 0.462. The van der Waals surface area contributed by atoms with E-state index in [0.29, 0.717) is 32.9 Å². The summed E-state index contributed by atoms with van der Waals surface area (Å²) < 4.78 is 0. The van der Waals surface area contributed by atoms with Crippen LogP contribution in [0.5, 0.6) is 0 Å². The molecule has 1 aromatic rings. The number of halogens is 3. The zero-order valence-electron chi connectivity index (χ0n) is 9.76. The summed E-state index contributed by atoms with van der Waals surface area (Å²) >= 11 is 15.3. The van der Waals surface area contributed by atoms with Gasteiger partial charge < -0.3 is 5.32 Å². The van der Waals surface area contributed by atoms with Crippen LogP contribution in [0, 0.1) is 5.92 Å². The molecule has 2 atom stereocenters.